The zero-order valence-electron chi connectivity index (χ0n) is 40.7. The molecule has 0 spiro atoms. The number of unbranched alkanes of at least 4 members (excludes halogenated alkanes) is 18. The highest BCUT2D eigenvalue weighted by atomic mass is 16.7. The molecule has 2 saturated heterocycles. The number of aliphatic hydroxyl groups is 7. The summed E-state index contributed by atoms with van der Waals surface area (Å²) in [4.78, 5) is 13.0. The quantitative estimate of drug-likeness (QED) is 0.0179. The van der Waals surface area contributed by atoms with Crippen LogP contribution in [0.2, 0.25) is 0 Å². The molecule has 0 aliphatic carbocycles. The SMILES string of the molecule is CC/C=C\C/C=C\C/C=C\CCCCCCCC(=O)OC(COCCCCCCCC/C=C\CCCCCCCCC)COC1OC(COC2OC(CO)C(O)C(O)C2O)C(O)C(O)C1O. The molecule has 0 radical (unpaired) electrons. The lowest BCUT2D eigenvalue weighted by Crippen LogP contribution is -2.61. The van der Waals surface area contributed by atoms with Crippen LogP contribution in [0.3, 0.4) is 0 Å². The molecular formula is C52H92O14. The van der Waals surface area contributed by atoms with E-state index in [1.807, 2.05) is 0 Å². The van der Waals surface area contributed by atoms with E-state index < -0.39 is 86.7 Å². The summed E-state index contributed by atoms with van der Waals surface area (Å²) in [7, 11) is 0. The zero-order valence-corrected chi connectivity index (χ0v) is 40.7. The molecule has 0 bridgehead atoms. The van der Waals surface area contributed by atoms with Gasteiger partial charge in [0.25, 0.3) is 0 Å². The van der Waals surface area contributed by atoms with E-state index in [-0.39, 0.29) is 19.6 Å². The molecule has 2 fully saturated rings. The van der Waals surface area contributed by atoms with Gasteiger partial charge in [0.2, 0.25) is 0 Å². The first-order valence-corrected chi connectivity index (χ1v) is 25.7. The van der Waals surface area contributed by atoms with Crippen molar-refractivity contribution < 1.29 is 69.0 Å². The minimum atomic E-state index is -1.71. The van der Waals surface area contributed by atoms with Gasteiger partial charge in [0.1, 0.15) is 54.9 Å². The van der Waals surface area contributed by atoms with Crippen LogP contribution in [0, 0.1) is 0 Å². The Bertz CT molecular complexity index is 1280. The molecule has 2 rings (SSSR count). The second-order valence-corrected chi connectivity index (χ2v) is 18.0. The largest absolute Gasteiger partial charge is 0.457 e. The van der Waals surface area contributed by atoms with Crippen molar-refractivity contribution in [3.05, 3.63) is 48.6 Å². The fourth-order valence-corrected chi connectivity index (χ4v) is 7.88. The van der Waals surface area contributed by atoms with Crippen LogP contribution in [0.1, 0.15) is 174 Å². The van der Waals surface area contributed by atoms with E-state index in [9.17, 15) is 40.5 Å². The number of ether oxygens (including phenoxy) is 6. The molecule has 66 heavy (non-hydrogen) atoms. The summed E-state index contributed by atoms with van der Waals surface area (Å²) in [5.41, 5.74) is 0. The monoisotopic (exact) mass is 941 g/mol. The molecule has 0 saturated carbocycles. The standard InChI is InChI=1S/C52H92O14/c1-3-5-7-9-11-13-15-17-19-20-22-24-26-28-30-32-34-36-61-38-41(64-44(54)35-33-31-29-27-25-23-21-18-16-14-12-10-8-6-4-2)39-62-51-50(60)48(58)46(56)43(66-51)40-63-52-49(59)47(57)45(55)42(37-53)65-52/h6,8,12,14,18-21,41-43,45-53,55-60H,3-5,7,9-11,13,15-17,22-40H2,1-2H3/b8-6-,14-12-,20-19-,21-18-. The number of esters is 1. The van der Waals surface area contributed by atoms with Gasteiger partial charge in [-0.1, -0.05) is 146 Å². The Labute approximate surface area is 397 Å². The van der Waals surface area contributed by atoms with Gasteiger partial charge in [-0.3, -0.25) is 4.79 Å². The molecule has 2 heterocycles. The van der Waals surface area contributed by atoms with Gasteiger partial charge in [-0.15, -0.1) is 0 Å². The molecule has 0 aromatic rings. The molecule has 11 unspecified atom stereocenters. The predicted octanol–water partition coefficient (Wildman–Crippen LogP) is 7.57. The molecule has 2 aliphatic heterocycles. The Morgan fingerprint density at radius 2 is 0.985 bits per heavy atom. The van der Waals surface area contributed by atoms with Gasteiger partial charge in [0, 0.05) is 13.0 Å². The van der Waals surface area contributed by atoms with Crippen molar-refractivity contribution >= 4 is 5.97 Å². The maximum atomic E-state index is 13.0. The topological polar surface area (TPSA) is 214 Å². The Morgan fingerprint density at radius 3 is 1.56 bits per heavy atom. The second-order valence-electron chi connectivity index (χ2n) is 18.0. The van der Waals surface area contributed by atoms with Crippen molar-refractivity contribution in [1.29, 1.82) is 0 Å². The van der Waals surface area contributed by atoms with Crippen LogP contribution in [0.4, 0.5) is 0 Å². The maximum Gasteiger partial charge on any atom is 0.306 e. The Hall–Kier alpha value is -2.05. The molecule has 2 aliphatic rings. The van der Waals surface area contributed by atoms with Gasteiger partial charge in [-0.2, -0.15) is 0 Å². The zero-order chi connectivity index (χ0) is 48.0. The predicted molar refractivity (Wildman–Crippen MR) is 256 cm³/mol. The van der Waals surface area contributed by atoms with Crippen LogP contribution in [0.25, 0.3) is 0 Å². The number of allylic oxidation sites excluding steroid dienone is 8. The summed E-state index contributed by atoms with van der Waals surface area (Å²) >= 11 is 0. The van der Waals surface area contributed by atoms with E-state index in [1.165, 1.54) is 70.6 Å². The van der Waals surface area contributed by atoms with Gasteiger partial charge in [0.05, 0.1) is 26.4 Å². The number of aliphatic hydroxyl groups excluding tert-OH is 7. The number of hydrogen-bond donors (Lipinski definition) is 7. The van der Waals surface area contributed by atoms with E-state index in [0.717, 1.165) is 77.0 Å². The highest BCUT2D eigenvalue weighted by Crippen LogP contribution is 2.26. The molecule has 0 aromatic heterocycles. The summed E-state index contributed by atoms with van der Waals surface area (Å²) in [5.74, 6) is -0.396. The minimum Gasteiger partial charge on any atom is -0.457 e. The van der Waals surface area contributed by atoms with E-state index in [4.69, 9.17) is 28.4 Å². The molecule has 0 aromatic carbocycles. The van der Waals surface area contributed by atoms with Crippen LogP contribution in [-0.2, 0) is 33.2 Å². The smallest absolute Gasteiger partial charge is 0.306 e. The number of carbonyl (C=O) groups is 1. The van der Waals surface area contributed by atoms with Crippen molar-refractivity contribution in [2.45, 2.75) is 242 Å². The average Bonchev–Trinajstić information content (AvgIpc) is 3.31. The molecule has 0 amide bonds. The van der Waals surface area contributed by atoms with Crippen molar-refractivity contribution in [1.82, 2.24) is 0 Å². The van der Waals surface area contributed by atoms with Gasteiger partial charge < -0.3 is 64.2 Å². The lowest BCUT2D eigenvalue weighted by atomic mass is 9.98. The van der Waals surface area contributed by atoms with Gasteiger partial charge in [-0.25, -0.2) is 0 Å². The number of carbonyl (C=O) groups excluding carboxylic acids is 1. The van der Waals surface area contributed by atoms with Gasteiger partial charge >= 0.3 is 5.97 Å². The van der Waals surface area contributed by atoms with Crippen molar-refractivity contribution in [3.8, 4) is 0 Å². The summed E-state index contributed by atoms with van der Waals surface area (Å²) in [6.07, 6.45) is 28.9. The lowest BCUT2D eigenvalue weighted by molar-refractivity contribution is -0.332. The lowest BCUT2D eigenvalue weighted by Gasteiger charge is -2.42. The van der Waals surface area contributed by atoms with Crippen molar-refractivity contribution in [2.75, 3.05) is 33.0 Å². The van der Waals surface area contributed by atoms with E-state index >= 15 is 0 Å². The first-order valence-electron chi connectivity index (χ1n) is 25.7. The van der Waals surface area contributed by atoms with Crippen LogP contribution >= 0.6 is 0 Å². The van der Waals surface area contributed by atoms with Crippen LogP contribution in [-0.4, -0.2) is 142 Å². The summed E-state index contributed by atoms with van der Waals surface area (Å²) in [6, 6.07) is 0. The van der Waals surface area contributed by atoms with Crippen LogP contribution in [0.5, 0.6) is 0 Å². The van der Waals surface area contributed by atoms with Crippen molar-refractivity contribution in [2.24, 2.45) is 0 Å². The van der Waals surface area contributed by atoms with E-state index in [0.29, 0.717) is 13.0 Å². The fourth-order valence-electron chi connectivity index (χ4n) is 7.88. The molecule has 14 nitrogen and oxygen atoms in total. The van der Waals surface area contributed by atoms with E-state index in [2.05, 4.69) is 62.5 Å². The third kappa shape index (κ3) is 27.2. The van der Waals surface area contributed by atoms with E-state index in [1.54, 1.807) is 0 Å². The summed E-state index contributed by atoms with van der Waals surface area (Å²) in [5, 5.41) is 72.1. The Morgan fingerprint density at radius 1 is 0.515 bits per heavy atom. The van der Waals surface area contributed by atoms with Crippen LogP contribution < -0.4 is 0 Å². The van der Waals surface area contributed by atoms with Gasteiger partial charge in [-0.05, 0) is 70.6 Å². The first kappa shape index (κ1) is 60.1. The fraction of sp³-hybridized carbons (Fsp3) is 0.827. The number of rotatable bonds is 40. The van der Waals surface area contributed by atoms with Crippen LogP contribution in [0.15, 0.2) is 48.6 Å². The van der Waals surface area contributed by atoms with Crippen molar-refractivity contribution in [3.63, 3.8) is 0 Å². The Balaban J connectivity index is 1.78. The van der Waals surface area contributed by atoms with Gasteiger partial charge in [0.15, 0.2) is 12.6 Å². The third-order valence-corrected chi connectivity index (χ3v) is 12.1. The highest BCUT2D eigenvalue weighted by molar-refractivity contribution is 5.69. The number of hydrogen-bond acceptors (Lipinski definition) is 14. The molecule has 384 valence electrons. The Kier molecular flexibility index (Phi) is 36.2. The molecule has 7 N–H and O–H groups in total. The second kappa shape index (κ2) is 39.8. The summed E-state index contributed by atoms with van der Waals surface area (Å²) in [6.45, 7) is 3.53. The molecule has 14 heteroatoms. The first-order chi connectivity index (χ1) is 32.1. The minimum absolute atomic E-state index is 0.0494. The molecule has 11 atom stereocenters. The average molecular weight is 941 g/mol. The maximum absolute atomic E-state index is 13.0. The highest BCUT2D eigenvalue weighted by Gasteiger charge is 2.47. The third-order valence-electron chi connectivity index (χ3n) is 12.1. The normalized spacial score (nSPS) is 26.7. The molecular weight excluding hydrogens is 849 g/mol. The summed E-state index contributed by atoms with van der Waals surface area (Å²) < 4.78 is 34.2.